The van der Waals surface area contributed by atoms with Gasteiger partial charge in [-0.25, -0.2) is 0 Å². The zero-order valence-electron chi connectivity index (χ0n) is 20.4. The van der Waals surface area contributed by atoms with Gasteiger partial charge in [-0.3, -0.25) is 0 Å². The smallest absolute Gasteiger partial charge is 0.126 e. The zero-order chi connectivity index (χ0) is 23.1. The monoisotopic (exact) mass is 437 g/mol. The van der Waals surface area contributed by atoms with Crippen molar-refractivity contribution in [2.24, 2.45) is 5.92 Å². The molecule has 178 valence electrons. The standard InChI is InChI=1S/C26H37N.C3H6O.CH4/c1-5-7-8-9-10-14-24-20-23-15-11-12-16-25(23)26(24)18-17-22(13-6-2)19-21(3)27-4;1-3(2)4;/h6,11-13,15-19,24,26-27H,2,5,7-10,14,20H2,1,3-4H3;1-2H3;1H4/b18-17?,21-19+,22-13-;;/t24-,26+;;/m0../s1. The Kier molecular flexibility index (Phi) is 16.0. The summed E-state index contributed by atoms with van der Waals surface area (Å²) in [6.07, 6.45) is 20.2. The van der Waals surface area contributed by atoms with Crippen molar-refractivity contribution < 1.29 is 4.79 Å². The molecule has 2 nitrogen and oxygen atoms in total. The molecule has 2 atom stereocenters. The van der Waals surface area contributed by atoms with Gasteiger partial charge in [0, 0.05) is 18.7 Å². The predicted molar refractivity (Wildman–Crippen MR) is 143 cm³/mol. The number of nitrogens with one attached hydrogen (secondary N) is 1. The SMILES string of the molecule is C.C=C/C=C(C=C[C@H]1c2ccccc2C[C@@H]1CCCCCCC)\C=C(/C)NC.CC(C)=O. The normalized spacial score (nSPS) is 17.8. The lowest BCUT2D eigenvalue weighted by Gasteiger charge is -2.17. The van der Waals surface area contributed by atoms with Gasteiger partial charge in [-0.05, 0) is 62.3 Å². The topological polar surface area (TPSA) is 29.1 Å². The Morgan fingerprint density at radius 3 is 2.41 bits per heavy atom. The predicted octanol–water partition coefficient (Wildman–Crippen LogP) is 8.33. The van der Waals surface area contributed by atoms with Crippen LogP contribution in [-0.2, 0) is 11.2 Å². The molecule has 1 aromatic carbocycles. The maximum absolute atomic E-state index is 9.44. The third kappa shape index (κ3) is 11.3. The first-order chi connectivity index (χ1) is 14.9. The molecule has 0 aliphatic heterocycles. The van der Waals surface area contributed by atoms with Gasteiger partial charge in [-0.15, -0.1) is 0 Å². The van der Waals surface area contributed by atoms with Crippen molar-refractivity contribution in [3.05, 3.63) is 83.6 Å². The quantitative estimate of drug-likeness (QED) is 0.278. The number of benzene rings is 1. The average molecular weight is 438 g/mol. The van der Waals surface area contributed by atoms with E-state index in [2.05, 4.69) is 74.3 Å². The maximum atomic E-state index is 9.44. The number of unbranched alkanes of at least 4 members (excludes halogenated alkanes) is 4. The number of hydrogen-bond donors (Lipinski definition) is 1. The molecule has 0 unspecified atom stereocenters. The van der Waals surface area contributed by atoms with Crippen molar-refractivity contribution >= 4 is 5.78 Å². The summed E-state index contributed by atoms with van der Waals surface area (Å²) in [7, 11) is 1.96. The van der Waals surface area contributed by atoms with Crippen LogP contribution in [-0.4, -0.2) is 12.8 Å². The van der Waals surface area contributed by atoms with Gasteiger partial charge in [0.1, 0.15) is 5.78 Å². The van der Waals surface area contributed by atoms with Gasteiger partial charge in [-0.1, -0.05) is 102 Å². The third-order valence-corrected chi connectivity index (χ3v) is 5.67. The van der Waals surface area contributed by atoms with Crippen molar-refractivity contribution in [1.82, 2.24) is 5.32 Å². The van der Waals surface area contributed by atoms with E-state index in [9.17, 15) is 4.79 Å². The second kappa shape index (κ2) is 17.2. The molecule has 1 aromatic rings. The Balaban J connectivity index is 0.00000177. The lowest BCUT2D eigenvalue weighted by molar-refractivity contribution is -0.114. The Morgan fingerprint density at radius 2 is 1.78 bits per heavy atom. The van der Waals surface area contributed by atoms with Gasteiger partial charge in [0.05, 0.1) is 0 Å². The van der Waals surface area contributed by atoms with Crippen LogP contribution in [0.1, 0.15) is 90.7 Å². The minimum absolute atomic E-state index is 0. The van der Waals surface area contributed by atoms with E-state index in [4.69, 9.17) is 0 Å². The molecule has 0 heterocycles. The van der Waals surface area contributed by atoms with E-state index in [0.717, 1.165) is 11.6 Å². The molecule has 1 aliphatic carbocycles. The highest BCUT2D eigenvalue weighted by atomic mass is 16.1. The van der Waals surface area contributed by atoms with E-state index in [0.29, 0.717) is 5.92 Å². The first-order valence-electron chi connectivity index (χ1n) is 11.8. The van der Waals surface area contributed by atoms with Crippen LogP contribution in [0, 0.1) is 5.92 Å². The van der Waals surface area contributed by atoms with E-state index < -0.39 is 0 Å². The molecule has 0 fully saturated rings. The Labute approximate surface area is 198 Å². The molecular weight excluding hydrogens is 390 g/mol. The number of allylic oxidation sites excluding steroid dienone is 7. The van der Waals surface area contributed by atoms with E-state index in [1.807, 2.05) is 13.1 Å². The minimum atomic E-state index is 0. The van der Waals surface area contributed by atoms with Crippen LogP contribution >= 0.6 is 0 Å². The van der Waals surface area contributed by atoms with E-state index >= 15 is 0 Å². The molecule has 0 spiro atoms. The van der Waals surface area contributed by atoms with Crippen LogP contribution in [0.3, 0.4) is 0 Å². The van der Waals surface area contributed by atoms with Crippen LogP contribution in [0.2, 0.25) is 0 Å². The van der Waals surface area contributed by atoms with Gasteiger partial charge in [0.2, 0.25) is 0 Å². The molecule has 2 heteroatoms. The van der Waals surface area contributed by atoms with E-state index in [-0.39, 0.29) is 13.2 Å². The number of carbonyl (C=O) groups excluding carboxylic acids is 1. The van der Waals surface area contributed by atoms with Crippen molar-refractivity contribution in [2.45, 2.75) is 86.0 Å². The fourth-order valence-electron chi connectivity index (χ4n) is 4.09. The molecule has 1 N–H and O–H groups in total. The number of ketones is 1. The van der Waals surface area contributed by atoms with Crippen LogP contribution in [0.25, 0.3) is 0 Å². The molecule has 0 aromatic heterocycles. The van der Waals surface area contributed by atoms with Gasteiger partial charge in [-0.2, -0.15) is 0 Å². The summed E-state index contributed by atoms with van der Waals surface area (Å²) in [5, 5.41) is 3.20. The Bertz CT molecular complexity index is 765. The number of fused-ring (bicyclic) bond motifs is 1. The molecule has 0 saturated heterocycles. The summed E-state index contributed by atoms with van der Waals surface area (Å²) < 4.78 is 0. The second-order valence-electron chi connectivity index (χ2n) is 8.64. The van der Waals surface area contributed by atoms with Gasteiger partial charge < -0.3 is 10.1 Å². The molecular formula is C30H47NO. The van der Waals surface area contributed by atoms with Crippen molar-refractivity contribution in [2.75, 3.05) is 7.05 Å². The molecule has 1 aliphatic rings. The largest absolute Gasteiger partial charge is 0.392 e. The van der Waals surface area contributed by atoms with Crippen molar-refractivity contribution in [3.63, 3.8) is 0 Å². The Hall–Kier alpha value is -2.35. The van der Waals surface area contributed by atoms with Crippen molar-refractivity contribution in [3.8, 4) is 0 Å². The average Bonchev–Trinajstić information content (AvgIpc) is 3.09. The first kappa shape index (κ1) is 29.7. The number of hydrogen-bond acceptors (Lipinski definition) is 2. The third-order valence-electron chi connectivity index (χ3n) is 5.67. The second-order valence-corrected chi connectivity index (χ2v) is 8.64. The fraction of sp³-hybridized carbons (Fsp3) is 0.500. The van der Waals surface area contributed by atoms with Gasteiger partial charge in [0.15, 0.2) is 0 Å². The number of carbonyl (C=O) groups is 1. The highest BCUT2D eigenvalue weighted by molar-refractivity contribution is 5.72. The Morgan fingerprint density at radius 1 is 1.12 bits per heavy atom. The highest BCUT2D eigenvalue weighted by Crippen LogP contribution is 2.41. The summed E-state index contributed by atoms with van der Waals surface area (Å²) in [6.45, 7) is 11.3. The lowest BCUT2D eigenvalue weighted by atomic mass is 9.87. The van der Waals surface area contributed by atoms with Crippen molar-refractivity contribution in [1.29, 1.82) is 0 Å². The lowest BCUT2D eigenvalue weighted by Crippen LogP contribution is -2.06. The maximum Gasteiger partial charge on any atom is 0.126 e. The minimum Gasteiger partial charge on any atom is -0.392 e. The van der Waals surface area contributed by atoms with E-state index in [1.54, 1.807) is 5.56 Å². The summed E-state index contributed by atoms with van der Waals surface area (Å²) in [5.74, 6) is 1.43. The molecule has 0 bridgehead atoms. The molecule has 0 radical (unpaired) electrons. The molecule has 2 rings (SSSR count). The molecule has 0 amide bonds. The van der Waals surface area contributed by atoms with Gasteiger partial charge in [0.25, 0.3) is 0 Å². The molecule has 32 heavy (non-hydrogen) atoms. The van der Waals surface area contributed by atoms with Crippen LogP contribution in [0.4, 0.5) is 0 Å². The molecule has 0 saturated carbocycles. The highest BCUT2D eigenvalue weighted by Gasteiger charge is 2.29. The summed E-state index contributed by atoms with van der Waals surface area (Å²) in [4.78, 5) is 9.44. The summed E-state index contributed by atoms with van der Waals surface area (Å²) in [6, 6.07) is 9.02. The summed E-state index contributed by atoms with van der Waals surface area (Å²) >= 11 is 0. The fourth-order valence-corrected chi connectivity index (χ4v) is 4.09. The van der Waals surface area contributed by atoms with Crippen LogP contribution in [0.15, 0.2) is 72.5 Å². The number of rotatable bonds is 11. The van der Waals surface area contributed by atoms with Crippen LogP contribution in [0.5, 0.6) is 0 Å². The number of Topliss-reactive ketones (excluding diaryl/α,β-unsaturated/α-hetero) is 1. The van der Waals surface area contributed by atoms with Gasteiger partial charge >= 0.3 is 0 Å². The van der Waals surface area contributed by atoms with E-state index in [1.165, 1.54) is 69.9 Å². The zero-order valence-corrected chi connectivity index (χ0v) is 20.4. The summed E-state index contributed by atoms with van der Waals surface area (Å²) in [5.41, 5.74) is 5.43. The first-order valence-corrected chi connectivity index (χ1v) is 11.8. The van der Waals surface area contributed by atoms with Crippen LogP contribution < -0.4 is 5.32 Å².